The van der Waals surface area contributed by atoms with Gasteiger partial charge in [-0.2, -0.15) is 0 Å². The molecule has 67 heavy (non-hydrogen) atoms. The van der Waals surface area contributed by atoms with Gasteiger partial charge < -0.3 is 28.5 Å². The van der Waals surface area contributed by atoms with Crippen molar-refractivity contribution >= 4 is 17.9 Å². The van der Waals surface area contributed by atoms with Crippen molar-refractivity contribution in [2.24, 2.45) is 0 Å². The highest BCUT2D eigenvalue weighted by Crippen LogP contribution is 2.13. The van der Waals surface area contributed by atoms with E-state index in [-0.39, 0.29) is 32.7 Å². The van der Waals surface area contributed by atoms with Crippen LogP contribution in [0.3, 0.4) is 0 Å². The smallest absolute Gasteiger partial charge is 0.361 e. The van der Waals surface area contributed by atoms with Crippen LogP contribution in [0.5, 0.6) is 0 Å². The number of nitrogens with zero attached hydrogens (tertiary/aromatic N) is 1. The van der Waals surface area contributed by atoms with Crippen LogP contribution >= 0.6 is 0 Å². The molecule has 0 rings (SSSR count). The Morgan fingerprint density at radius 2 is 0.821 bits per heavy atom. The highest BCUT2D eigenvalue weighted by molar-refractivity contribution is 5.71. The second-order valence-corrected chi connectivity index (χ2v) is 17.7. The van der Waals surface area contributed by atoms with E-state index in [9.17, 15) is 19.5 Å². The Balaban J connectivity index is 4.43. The van der Waals surface area contributed by atoms with Gasteiger partial charge in [-0.15, -0.1) is 0 Å². The lowest BCUT2D eigenvalue weighted by molar-refractivity contribution is -0.870. The number of quaternary nitrogens is 1. The third-order valence-electron chi connectivity index (χ3n) is 10.2. The van der Waals surface area contributed by atoms with Crippen molar-refractivity contribution in [3.63, 3.8) is 0 Å². The summed E-state index contributed by atoms with van der Waals surface area (Å²) in [5.74, 6) is -2.11. The Labute approximate surface area is 408 Å². The SMILES string of the molecule is CC/C=C\C/C=C\C/C=C\C/C=C\C/C=C\CCCCCCCCCCCC(=O)OC(COC(=O)CCC/C=C\C/C=C\C/C=C\C/C=C\C/C=C\CC)COC(OCC[N+](C)(C)C)C(=O)O. The number of unbranched alkanes of at least 4 members (excludes halogenated alkanes) is 10. The fourth-order valence-corrected chi connectivity index (χ4v) is 6.31. The Bertz CT molecular complexity index is 1510. The maximum absolute atomic E-state index is 12.8. The maximum Gasteiger partial charge on any atom is 0.361 e. The molecule has 0 saturated carbocycles. The summed E-state index contributed by atoms with van der Waals surface area (Å²) in [6.07, 6.45) is 64.1. The molecule has 9 heteroatoms. The van der Waals surface area contributed by atoms with Crippen LogP contribution in [-0.4, -0.2) is 87.4 Å². The molecular formula is C58H94NO8+. The van der Waals surface area contributed by atoms with Crippen LogP contribution in [0.2, 0.25) is 0 Å². The zero-order chi connectivity index (χ0) is 49.2. The number of carbonyl (C=O) groups excluding carboxylic acids is 2. The van der Waals surface area contributed by atoms with Crippen LogP contribution in [0.1, 0.15) is 168 Å². The van der Waals surface area contributed by atoms with E-state index in [1.54, 1.807) is 0 Å². The second kappa shape index (κ2) is 48.2. The molecule has 0 aliphatic heterocycles. The lowest BCUT2D eigenvalue weighted by Crippen LogP contribution is -2.40. The summed E-state index contributed by atoms with van der Waals surface area (Å²) in [6, 6.07) is 0. The summed E-state index contributed by atoms with van der Waals surface area (Å²) in [4.78, 5) is 37.3. The van der Waals surface area contributed by atoms with Crippen molar-refractivity contribution in [3.8, 4) is 0 Å². The number of rotatable bonds is 45. The summed E-state index contributed by atoms with van der Waals surface area (Å²) in [7, 11) is 5.93. The van der Waals surface area contributed by atoms with Gasteiger partial charge in [-0.1, -0.05) is 180 Å². The fraction of sp³-hybridized carbons (Fsp3) is 0.603. The van der Waals surface area contributed by atoms with Gasteiger partial charge >= 0.3 is 17.9 Å². The van der Waals surface area contributed by atoms with Gasteiger partial charge in [0.1, 0.15) is 13.2 Å². The van der Waals surface area contributed by atoms with Gasteiger partial charge in [0.05, 0.1) is 34.4 Å². The number of carboxylic acid groups (broad SMARTS) is 1. The lowest BCUT2D eigenvalue weighted by atomic mass is 10.1. The van der Waals surface area contributed by atoms with Gasteiger partial charge in [-0.05, 0) is 96.3 Å². The monoisotopic (exact) mass is 933 g/mol. The number of allylic oxidation sites excluding steroid dienone is 20. The molecule has 2 unspecified atom stereocenters. The van der Waals surface area contributed by atoms with Gasteiger partial charge in [0, 0.05) is 12.8 Å². The molecule has 0 aromatic rings. The van der Waals surface area contributed by atoms with Crippen LogP contribution in [0.15, 0.2) is 122 Å². The number of likely N-dealkylation sites (N-methyl/N-ethyl adjacent to an activating group) is 1. The summed E-state index contributed by atoms with van der Waals surface area (Å²) < 4.78 is 22.7. The van der Waals surface area contributed by atoms with Crippen molar-refractivity contribution in [2.75, 3.05) is 47.5 Å². The Morgan fingerprint density at radius 1 is 0.448 bits per heavy atom. The van der Waals surface area contributed by atoms with E-state index in [0.29, 0.717) is 23.9 Å². The first-order valence-electron chi connectivity index (χ1n) is 25.7. The van der Waals surface area contributed by atoms with Gasteiger partial charge in [-0.3, -0.25) is 9.59 Å². The van der Waals surface area contributed by atoms with Crippen molar-refractivity contribution in [1.29, 1.82) is 0 Å². The van der Waals surface area contributed by atoms with Crippen LogP contribution < -0.4 is 0 Å². The number of carbonyl (C=O) groups is 3. The summed E-state index contributed by atoms with van der Waals surface area (Å²) in [5.41, 5.74) is 0. The molecule has 0 amide bonds. The molecule has 0 fully saturated rings. The molecule has 0 aliphatic rings. The quantitative estimate of drug-likeness (QED) is 0.0211. The van der Waals surface area contributed by atoms with E-state index in [1.165, 1.54) is 32.1 Å². The average molecular weight is 933 g/mol. The van der Waals surface area contributed by atoms with Gasteiger partial charge in [0.25, 0.3) is 6.29 Å². The summed E-state index contributed by atoms with van der Waals surface area (Å²) >= 11 is 0. The van der Waals surface area contributed by atoms with E-state index in [1.807, 2.05) is 21.1 Å². The van der Waals surface area contributed by atoms with E-state index in [4.69, 9.17) is 18.9 Å². The number of hydrogen-bond donors (Lipinski definition) is 1. The zero-order valence-corrected chi connectivity index (χ0v) is 42.8. The second-order valence-electron chi connectivity index (χ2n) is 17.7. The zero-order valence-electron chi connectivity index (χ0n) is 42.8. The van der Waals surface area contributed by atoms with Crippen LogP contribution in [0.4, 0.5) is 0 Å². The Hall–Kier alpha value is -4.31. The number of aliphatic carboxylic acids is 1. The van der Waals surface area contributed by atoms with Crippen LogP contribution in [0, 0.1) is 0 Å². The van der Waals surface area contributed by atoms with Gasteiger partial charge in [-0.25, -0.2) is 4.79 Å². The predicted octanol–water partition coefficient (Wildman–Crippen LogP) is 14.6. The summed E-state index contributed by atoms with van der Waals surface area (Å²) in [5, 5.41) is 9.67. The van der Waals surface area contributed by atoms with E-state index in [0.717, 1.165) is 96.3 Å². The van der Waals surface area contributed by atoms with Crippen molar-refractivity contribution in [2.45, 2.75) is 180 Å². The highest BCUT2D eigenvalue weighted by Gasteiger charge is 2.25. The highest BCUT2D eigenvalue weighted by atomic mass is 16.7. The van der Waals surface area contributed by atoms with E-state index >= 15 is 0 Å². The topological polar surface area (TPSA) is 108 Å². The van der Waals surface area contributed by atoms with Gasteiger partial charge in [0.2, 0.25) is 0 Å². The molecule has 9 nitrogen and oxygen atoms in total. The average Bonchev–Trinajstić information content (AvgIpc) is 3.29. The number of carboxylic acids is 1. The minimum absolute atomic E-state index is 0.170. The Morgan fingerprint density at radius 3 is 1.24 bits per heavy atom. The third kappa shape index (κ3) is 49.4. The fourth-order valence-electron chi connectivity index (χ4n) is 6.31. The van der Waals surface area contributed by atoms with Crippen LogP contribution in [-0.2, 0) is 33.3 Å². The first-order chi connectivity index (χ1) is 32.6. The minimum atomic E-state index is -1.53. The molecule has 378 valence electrons. The first-order valence-corrected chi connectivity index (χ1v) is 25.7. The predicted molar refractivity (Wildman–Crippen MR) is 281 cm³/mol. The standard InChI is InChI=1S/C58H93NO8/c1-6-8-10-12-14-16-18-20-22-24-25-26-27-28-29-30-31-33-35-37-39-41-43-45-47-49-56(61)67-54(53-66-58(57(62)63)64-51-50-59(3,4)5)52-65-55(60)48-46-44-42-40-38-36-34-32-23-21-19-17-15-13-11-9-7-2/h8-11,14-17,20-23,25-26,28-29,34,36,40,42,54,58H,6-7,12-13,18-19,24,27,30-33,35,37-39,41,43-53H2,1-5H3/p+1/b10-8-,11-9-,16-14-,17-15-,22-20-,23-21-,26-25-,29-28-,36-34-,42-40-. The van der Waals surface area contributed by atoms with Crippen molar-refractivity contribution in [1.82, 2.24) is 0 Å². The molecule has 0 bridgehead atoms. The molecule has 0 aromatic heterocycles. The normalized spacial score (nSPS) is 13.9. The maximum atomic E-state index is 12.8. The molecule has 0 heterocycles. The van der Waals surface area contributed by atoms with Crippen molar-refractivity contribution in [3.05, 3.63) is 122 Å². The lowest BCUT2D eigenvalue weighted by Gasteiger charge is -2.25. The van der Waals surface area contributed by atoms with Crippen molar-refractivity contribution < 1.29 is 42.9 Å². The number of ether oxygens (including phenoxy) is 4. The molecular weight excluding hydrogens is 839 g/mol. The van der Waals surface area contributed by atoms with Crippen LogP contribution in [0.25, 0.3) is 0 Å². The van der Waals surface area contributed by atoms with Gasteiger partial charge in [0.15, 0.2) is 6.10 Å². The molecule has 0 spiro atoms. The first kappa shape index (κ1) is 62.7. The summed E-state index contributed by atoms with van der Waals surface area (Å²) in [6.45, 7) is 4.54. The number of esters is 2. The number of hydrogen-bond acceptors (Lipinski definition) is 7. The molecule has 0 aromatic carbocycles. The minimum Gasteiger partial charge on any atom is -0.477 e. The molecule has 1 N–H and O–H groups in total. The third-order valence-corrected chi connectivity index (χ3v) is 10.2. The van der Waals surface area contributed by atoms with E-state index < -0.39 is 30.3 Å². The molecule has 0 radical (unpaired) electrons. The largest absolute Gasteiger partial charge is 0.477 e. The molecule has 0 saturated heterocycles. The van der Waals surface area contributed by atoms with E-state index in [2.05, 4.69) is 135 Å². The molecule has 0 aliphatic carbocycles. The Kier molecular flexibility index (Phi) is 45.1. The molecule has 2 atom stereocenters.